The molecule has 1 saturated carbocycles. The minimum absolute atomic E-state index is 0.0483. The first-order valence-electron chi connectivity index (χ1n) is 7.19. The number of carbonyl (C=O) groups is 1. The van der Waals surface area contributed by atoms with Crippen molar-refractivity contribution >= 4 is 40.4 Å². The molecule has 0 unspecified atom stereocenters. The van der Waals surface area contributed by atoms with E-state index in [-0.39, 0.29) is 5.91 Å². The number of oxazole rings is 1. The van der Waals surface area contributed by atoms with Crippen molar-refractivity contribution in [1.29, 1.82) is 0 Å². The smallest absolute Gasteiger partial charge is 0.257 e. The van der Waals surface area contributed by atoms with Gasteiger partial charge in [0.25, 0.3) is 5.22 Å². The number of carbonyl (C=O) groups excluding carboxylic acids is 1. The summed E-state index contributed by atoms with van der Waals surface area (Å²) in [5.41, 5.74) is 1.41. The molecule has 1 aromatic carbocycles. The zero-order valence-corrected chi connectivity index (χ0v) is 13.2. The van der Waals surface area contributed by atoms with Crippen molar-refractivity contribution in [2.45, 2.75) is 43.4 Å². The highest BCUT2D eigenvalue weighted by Crippen LogP contribution is 2.25. The quantitative estimate of drug-likeness (QED) is 0.863. The average Bonchev–Trinajstić information content (AvgIpc) is 2.88. The number of amides is 1. The zero-order valence-electron chi connectivity index (χ0n) is 11.6. The number of rotatable bonds is 4. The first-order chi connectivity index (χ1) is 10.2. The van der Waals surface area contributed by atoms with Gasteiger partial charge in [-0.3, -0.25) is 4.79 Å². The Hall–Kier alpha value is -1.20. The SMILES string of the molecule is O=C(CSc1nc2ccc(Cl)cc2o1)NC1CCCCC1. The summed E-state index contributed by atoms with van der Waals surface area (Å²) in [6.45, 7) is 0. The van der Waals surface area contributed by atoms with Crippen LogP contribution in [-0.4, -0.2) is 22.7 Å². The van der Waals surface area contributed by atoms with E-state index in [0.29, 0.717) is 27.6 Å². The van der Waals surface area contributed by atoms with Gasteiger partial charge in [0.1, 0.15) is 5.52 Å². The van der Waals surface area contributed by atoms with E-state index in [1.807, 2.05) is 6.07 Å². The molecule has 4 nitrogen and oxygen atoms in total. The van der Waals surface area contributed by atoms with Crippen LogP contribution in [0.15, 0.2) is 27.8 Å². The molecule has 21 heavy (non-hydrogen) atoms. The molecule has 0 bridgehead atoms. The van der Waals surface area contributed by atoms with E-state index in [9.17, 15) is 4.79 Å². The number of hydrogen-bond acceptors (Lipinski definition) is 4. The monoisotopic (exact) mass is 324 g/mol. The molecule has 0 radical (unpaired) electrons. The number of aromatic nitrogens is 1. The van der Waals surface area contributed by atoms with Crippen LogP contribution in [0.4, 0.5) is 0 Å². The van der Waals surface area contributed by atoms with Gasteiger partial charge in [-0.1, -0.05) is 42.6 Å². The molecule has 1 aliphatic carbocycles. The summed E-state index contributed by atoms with van der Waals surface area (Å²) >= 11 is 7.22. The van der Waals surface area contributed by atoms with Crippen LogP contribution < -0.4 is 5.32 Å². The molecule has 3 rings (SSSR count). The Morgan fingerprint density at radius 1 is 1.38 bits per heavy atom. The molecule has 1 heterocycles. The Bertz CT molecular complexity index is 638. The van der Waals surface area contributed by atoms with Crippen molar-refractivity contribution in [3.63, 3.8) is 0 Å². The second-order valence-electron chi connectivity index (χ2n) is 5.28. The normalized spacial score (nSPS) is 16.2. The second kappa shape index (κ2) is 6.71. The Morgan fingerprint density at radius 2 is 2.19 bits per heavy atom. The summed E-state index contributed by atoms with van der Waals surface area (Å²) in [6.07, 6.45) is 5.90. The van der Waals surface area contributed by atoms with E-state index in [1.165, 1.54) is 31.0 Å². The minimum Gasteiger partial charge on any atom is -0.431 e. The molecule has 1 amide bonds. The van der Waals surface area contributed by atoms with E-state index in [2.05, 4.69) is 10.3 Å². The van der Waals surface area contributed by atoms with Crippen LogP contribution in [0.3, 0.4) is 0 Å². The lowest BCUT2D eigenvalue weighted by molar-refractivity contribution is -0.119. The average molecular weight is 325 g/mol. The molecule has 6 heteroatoms. The minimum atomic E-state index is 0.0483. The van der Waals surface area contributed by atoms with Gasteiger partial charge in [-0.2, -0.15) is 0 Å². The van der Waals surface area contributed by atoms with Gasteiger partial charge >= 0.3 is 0 Å². The molecule has 2 aromatic rings. The van der Waals surface area contributed by atoms with Crippen LogP contribution in [0.1, 0.15) is 32.1 Å². The molecular weight excluding hydrogens is 308 g/mol. The molecule has 1 aromatic heterocycles. The third-order valence-electron chi connectivity index (χ3n) is 3.63. The zero-order chi connectivity index (χ0) is 14.7. The van der Waals surface area contributed by atoms with Crippen molar-refractivity contribution in [3.05, 3.63) is 23.2 Å². The Labute approximate surface area is 132 Å². The van der Waals surface area contributed by atoms with Crippen LogP contribution in [0.5, 0.6) is 0 Å². The van der Waals surface area contributed by atoms with Crippen LogP contribution in [0.2, 0.25) is 5.02 Å². The third kappa shape index (κ3) is 3.92. The van der Waals surface area contributed by atoms with E-state index >= 15 is 0 Å². The van der Waals surface area contributed by atoms with Crippen molar-refractivity contribution < 1.29 is 9.21 Å². The standard InChI is InChI=1S/C15H17ClN2O2S/c16-10-6-7-12-13(8-10)20-15(18-12)21-9-14(19)17-11-4-2-1-3-5-11/h6-8,11H,1-5,9H2,(H,17,19). The van der Waals surface area contributed by atoms with Crippen molar-refractivity contribution in [2.75, 3.05) is 5.75 Å². The topological polar surface area (TPSA) is 55.1 Å². The van der Waals surface area contributed by atoms with Crippen LogP contribution >= 0.6 is 23.4 Å². The summed E-state index contributed by atoms with van der Waals surface area (Å²) < 4.78 is 5.58. The maximum Gasteiger partial charge on any atom is 0.257 e. The maximum atomic E-state index is 11.9. The molecular formula is C15H17ClN2O2S. The third-order valence-corrected chi connectivity index (χ3v) is 4.69. The number of nitrogens with zero attached hydrogens (tertiary/aromatic N) is 1. The largest absolute Gasteiger partial charge is 0.431 e. The number of hydrogen-bond donors (Lipinski definition) is 1. The lowest BCUT2D eigenvalue weighted by Gasteiger charge is -2.22. The van der Waals surface area contributed by atoms with Gasteiger partial charge < -0.3 is 9.73 Å². The van der Waals surface area contributed by atoms with Crippen LogP contribution in [-0.2, 0) is 4.79 Å². The first kappa shape index (κ1) is 14.7. The number of benzene rings is 1. The number of thioether (sulfide) groups is 1. The summed E-state index contributed by atoms with van der Waals surface area (Å²) in [7, 11) is 0. The van der Waals surface area contributed by atoms with Crippen LogP contribution in [0.25, 0.3) is 11.1 Å². The van der Waals surface area contributed by atoms with Crippen LogP contribution in [0, 0.1) is 0 Å². The highest BCUT2D eigenvalue weighted by atomic mass is 35.5. The molecule has 1 fully saturated rings. The Morgan fingerprint density at radius 3 is 3.00 bits per heavy atom. The Kier molecular flexibility index (Phi) is 4.70. The predicted octanol–water partition coefficient (Wildman–Crippen LogP) is 4.02. The van der Waals surface area contributed by atoms with E-state index in [1.54, 1.807) is 12.1 Å². The second-order valence-corrected chi connectivity index (χ2v) is 6.65. The van der Waals surface area contributed by atoms with Gasteiger partial charge in [0.2, 0.25) is 5.91 Å². The fourth-order valence-corrected chi connectivity index (χ4v) is 3.39. The van der Waals surface area contributed by atoms with Gasteiger partial charge in [0.15, 0.2) is 5.58 Å². The highest BCUT2D eigenvalue weighted by Gasteiger charge is 2.16. The molecule has 0 spiro atoms. The molecule has 0 saturated heterocycles. The van der Waals surface area contributed by atoms with E-state index in [4.69, 9.17) is 16.0 Å². The van der Waals surface area contributed by atoms with Crippen molar-refractivity contribution in [3.8, 4) is 0 Å². The van der Waals surface area contributed by atoms with E-state index < -0.39 is 0 Å². The van der Waals surface area contributed by atoms with E-state index in [0.717, 1.165) is 18.4 Å². The molecule has 1 aliphatic rings. The number of halogens is 1. The number of fused-ring (bicyclic) bond motifs is 1. The highest BCUT2D eigenvalue weighted by molar-refractivity contribution is 7.99. The fourth-order valence-electron chi connectivity index (χ4n) is 2.58. The van der Waals surface area contributed by atoms with Gasteiger partial charge in [0.05, 0.1) is 5.75 Å². The van der Waals surface area contributed by atoms with Crippen molar-refractivity contribution in [1.82, 2.24) is 10.3 Å². The Balaban J connectivity index is 1.54. The summed E-state index contributed by atoms with van der Waals surface area (Å²) in [4.78, 5) is 16.3. The predicted molar refractivity (Wildman–Crippen MR) is 84.8 cm³/mol. The first-order valence-corrected chi connectivity index (χ1v) is 8.55. The van der Waals surface area contributed by atoms with Gasteiger partial charge in [-0.25, -0.2) is 4.98 Å². The lowest BCUT2D eigenvalue weighted by atomic mass is 9.95. The van der Waals surface area contributed by atoms with Gasteiger partial charge in [-0.05, 0) is 25.0 Å². The number of nitrogens with one attached hydrogen (secondary N) is 1. The summed E-state index contributed by atoms with van der Waals surface area (Å²) in [5.74, 6) is 0.379. The summed E-state index contributed by atoms with van der Waals surface area (Å²) in [6, 6.07) is 5.66. The maximum absolute atomic E-state index is 11.9. The van der Waals surface area contributed by atoms with Gasteiger partial charge in [0, 0.05) is 17.1 Å². The van der Waals surface area contributed by atoms with Gasteiger partial charge in [-0.15, -0.1) is 0 Å². The lowest BCUT2D eigenvalue weighted by Crippen LogP contribution is -2.37. The molecule has 1 N–H and O–H groups in total. The van der Waals surface area contributed by atoms with Crippen molar-refractivity contribution in [2.24, 2.45) is 0 Å². The fraction of sp³-hybridized carbons (Fsp3) is 0.467. The molecule has 0 atom stereocenters. The summed E-state index contributed by atoms with van der Waals surface area (Å²) in [5, 5.41) is 4.20. The molecule has 0 aliphatic heterocycles. The molecule has 112 valence electrons.